The molecule has 0 spiro atoms. The van der Waals surface area contributed by atoms with Gasteiger partial charge in [-0.05, 0) is 29.2 Å². The Morgan fingerprint density at radius 2 is 1.81 bits per heavy atom. The van der Waals surface area contributed by atoms with Gasteiger partial charge in [-0.25, -0.2) is 0 Å². The molecule has 0 aliphatic heterocycles. The van der Waals surface area contributed by atoms with Gasteiger partial charge in [-0.3, -0.25) is 0 Å². The molecule has 0 amide bonds. The van der Waals surface area contributed by atoms with E-state index in [0.717, 1.165) is 10.2 Å². The number of benzene rings is 2. The largest absolute Gasteiger partial charge is 0.122 e. The van der Waals surface area contributed by atoms with Gasteiger partial charge in [-0.15, -0.1) is 11.6 Å². The first-order chi connectivity index (χ1) is 7.74. The second kappa shape index (κ2) is 4.85. The van der Waals surface area contributed by atoms with E-state index in [9.17, 15) is 0 Å². The summed E-state index contributed by atoms with van der Waals surface area (Å²) in [5.41, 5.74) is 5.23. The van der Waals surface area contributed by atoms with Gasteiger partial charge in [0.15, 0.2) is 0 Å². The maximum absolute atomic E-state index is 6.02. The highest BCUT2D eigenvalue weighted by Gasteiger charge is 2.08. The van der Waals surface area contributed by atoms with E-state index in [1.807, 2.05) is 0 Å². The first-order valence-electron chi connectivity index (χ1n) is 5.44. The van der Waals surface area contributed by atoms with Crippen LogP contribution in [0.4, 0.5) is 0 Å². The third-order valence-electron chi connectivity index (χ3n) is 2.92. The standard InChI is InChI=1S/C14H15ClSi/c1-10-5-2-3-7-12(10)14-11(9-15)6-4-8-13(14)16/h2-8H,9H2,1,16H3. The Hall–Kier alpha value is -1.05. The van der Waals surface area contributed by atoms with Crippen molar-refractivity contribution in [2.24, 2.45) is 0 Å². The van der Waals surface area contributed by atoms with Gasteiger partial charge in [0.1, 0.15) is 0 Å². The lowest BCUT2D eigenvalue weighted by molar-refractivity contribution is 1.38. The van der Waals surface area contributed by atoms with Crippen LogP contribution >= 0.6 is 11.6 Å². The molecule has 2 aromatic rings. The minimum Gasteiger partial charge on any atom is -0.122 e. The Morgan fingerprint density at radius 1 is 1.06 bits per heavy atom. The van der Waals surface area contributed by atoms with Crippen molar-refractivity contribution < 1.29 is 0 Å². The second-order valence-electron chi connectivity index (χ2n) is 4.06. The molecule has 2 rings (SSSR count). The van der Waals surface area contributed by atoms with Crippen LogP contribution in [0.15, 0.2) is 42.5 Å². The Bertz CT molecular complexity index is 506. The van der Waals surface area contributed by atoms with E-state index in [1.54, 1.807) is 0 Å². The molecule has 0 unspecified atom stereocenters. The molecule has 82 valence electrons. The van der Waals surface area contributed by atoms with Crippen LogP contribution < -0.4 is 5.19 Å². The zero-order valence-electron chi connectivity index (χ0n) is 9.63. The molecule has 0 aromatic heterocycles. The van der Waals surface area contributed by atoms with Crippen LogP contribution in [0.1, 0.15) is 11.1 Å². The first kappa shape index (κ1) is 11.4. The fourth-order valence-corrected chi connectivity index (χ4v) is 3.08. The van der Waals surface area contributed by atoms with Crippen molar-refractivity contribution in [2.75, 3.05) is 0 Å². The summed E-state index contributed by atoms with van der Waals surface area (Å²) in [5, 5.41) is 1.42. The summed E-state index contributed by atoms with van der Waals surface area (Å²) in [6, 6.07) is 14.9. The highest BCUT2D eigenvalue weighted by molar-refractivity contribution is 6.36. The lowest BCUT2D eigenvalue weighted by Crippen LogP contribution is -2.09. The van der Waals surface area contributed by atoms with Crippen molar-refractivity contribution in [1.29, 1.82) is 0 Å². The molecule has 16 heavy (non-hydrogen) atoms. The highest BCUT2D eigenvalue weighted by Crippen LogP contribution is 2.25. The van der Waals surface area contributed by atoms with E-state index < -0.39 is 0 Å². The van der Waals surface area contributed by atoms with Crippen LogP contribution in [0.25, 0.3) is 11.1 Å². The molecule has 0 heterocycles. The topological polar surface area (TPSA) is 0 Å². The number of rotatable bonds is 2. The SMILES string of the molecule is Cc1ccccc1-c1c([SiH3])cccc1CCl. The molecule has 0 aliphatic carbocycles. The lowest BCUT2D eigenvalue weighted by Gasteiger charge is -2.13. The molecule has 0 radical (unpaired) electrons. The third kappa shape index (κ3) is 2.06. The maximum Gasteiger partial charge on any atom is 0.0480 e. The molecule has 0 bridgehead atoms. The Morgan fingerprint density at radius 3 is 2.50 bits per heavy atom. The van der Waals surface area contributed by atoms with Gasteiger partial charge in [0.05, 0.1) is 0 Å². The van der Waals surface area contributed by atoms with Gasteiger partial charge in [-0.1, -0.05) is 47.7 Å². The molecule has 0 nitrogen and oxygen atoms in total. The smallest absolute Gasteiger partial charge is 0.0480 e. The van der Waals surface area contributed by atoms with Gasteiger partial charge >= 0.3 is 0 Å². The van der Waals surface area contributed by atoms with Crippen LogP contribution in [0, 0.1) is 6.92 Å². The molecule has 2 aromatic carbocycles. The van der Waals surface area contributed by atoms with Gasteiger partial charge in [0, 0.05) is 16.1 Å². The van der Waals surface area contributed by atoms with Crippen LogP contribution in [-0.4, -0.2) is 10.2 Å². The van der Waals surface area contributed by atoms with Crippen molar-refractivity contribution in [3.63, 3.8) is 0 Å². The normalized spacial score (nSPS) is 10.6. The van der Waals surface area contributed by atoms with Crippen LogP contribution in [0.3, 0.4) is 0 Å². The maximum atomic E-state index is 6.02. The molecule has 0 saturated heterocycles. The number of aryl methyl sites for hydroxylation is 1. The van der Waals surface area contributed by atoms with Gasteiger partial charge in [0.2, 0.25) is 0 Å². The molecule has 0 saturated carbocycles. The average molecular weight is 247 g/mol. The van der Waals surface area contributed by atoms with E-state index in [4.69, 9.17) is 11.6 Å². The quantitative estimate of drug-likeness (QED) is 0.564. The Labute approximate surface area is 105 Å². The van der Waals surface area contributed by atoms with Gasteiger partial charge in [-0.2, -0.15) is 0 Å². The molecular weight excluding hydrogens is 232 g/mol. The van der Waals surface area contributed by atoms with Gasteiger partial charge in [0.25, 0.3) is 0 Å². The number of hydrogen-bond donors (Lipinski definition) is 0. The lowest BCUT2D eigenvalue weighted by atomic mass is 9.96. The number of hydrogen-bond acceptors (Lipinski definition) is 0. The Balaban J connectivity index is 2.68. The van der Waals surface area contributed by atoms with E-state index in [1.165, 1.54) is 27.4 Å². The molecular formula is C14H15ClSi. The minimum atomic E-state index is 0.583. The van der Waals surface area contributed by atoms with Crippen molar-refractivity contribution in [2.45, 2.75) is 12.8 Å². The predicted molar refractivity (Wildman–Crippen MR) is 75.7 cm³/mol. The zero-order valence-corrected chi connectivity index (χ0v) is 12.4. The van der Waals surface area contributed by atoms with Crippen molar-refractivity contribution in [3.8, 4) is 11.1 Å². The average Bonchev–Trinajstić information content (AvgIpc) is 2.30. The zero-order chi connectivity index (χ0) is 11.5. The van der Waals surface area contributed by atoms with Crippen molar-refractivity contribution in [1.82, 2.24) is 0 Å². The summed E-state index contributed by atoms with van der Waals surface area (Å²) >= 11 is 6.02. The number of halogens is 1. The van der Waals surface area contributed by atoms with Crippen molar-refractivity contribution >= 4 is 27.0 Å². The second-order valence-corrected chi connectivity index (χ2v) is 5.40. The first-order valence-corrected chi connectivity index (χ1v) is 6.98. The third-order valence-corrected chi connectivity index (χ3v) is 4.04. The molecule has 0 fully saturated rings. The molecule has 2 heteroatoms. The highest BCUT2D eigenvalue weighted by atomic mass is 35.5. The number of alkyl halides is 1. The van der Waals surface area contributed by atoms with Crippen LogP contribution in [-0.2, 0) is 5.88 Å². The monoisotopic (exact) mass is 246 g/mol. The summed E-state index contributed by atoms with van der Waals surface area (Å²) in [5.74, 6) is 0.583. The van der Waals surface area contributed by atoms with Gasteiger partial charge < -0.3 is 0 Å². The van der Waals surface area contributed by atoms with E-state index in [0.29, 0.717) is 5.88 Å². The summed E-state index contributed by atoms with van der Waals surface area (Å²) in [6.45, 7) is 2.15. The fourth-order valence-electron chi connectivity index (χ4n) is 2.08. The molecule has 0 aliphatic rings. The summed E-state index contributed by atoms with van der Waals surface area (Å²) < 4.78 is 0. The summed E-state index contributed by atoms with van der Waals surface area (Å²) in [6.07, 6.45) is 0. The minimum absolute atomic E-state index is 0.583. The van der Waals surface area contributed by atoms with E-state index in [-0.39, 0.29) is 0 Å². The predicted octanol–water partition coefficient (Wildman–Crippen LogP) is 2.39. The molecule has 0 atom stereocenters. The fraction of sp³-hybridized carbons (Fsp3) is 0.143. The van der Waals surface area contributed by atoms with Crippen LogP contribution in [0.2, 0.25) is 0 Å². The summed E-state index contributed by atoms with van der Waals surface area (Å²) in [4.78, 5) is 0. The van der Waals surface area contributed by atoms with E-state index in [2.05, 4.69) is 49.4 Å². The molecule has 0 N–H and O–H groups in total. The van der Waals surface area contributed by atoms with Crippen LogP contribution in [0.5, 0.6) is 0 Å². The van der Waals surface area contributed by atoms with Crippen molar-refractivity contribution in [3.05, 3.63) is 53.6 Å². The summed E-state index contributed by atoms with van der Waals surface area (Å²) in [7, 11) is 1.05. The van der Waals surface area contributed by atoms with E-state index >= 15 is 0 Å². The Kier molecular flexibility index (Phi) is 3.47.